The van der Waals surface area contributed by atoms with Crippen LogP contribution >= 0.6 is 11.3 Å². The van der Waals surface area contributed by atoms with Crippen molar-refractivity contribution in [1.82, 2.24) is 4.98 Å². The summed E-state index contributed by atoms with van der Waals surface area (Å²) in [5.41, 5.74) is 1.77. The molecule has 0 amide bonds. The van der Waals surface area contributed by atoms with Gasteiger partial charge in [0.2, 0.25) is 0 Å². The van der Waals surface area contributed by atoms with Crippen LogP contribution in [-0.4, -0.2) is 17.2 Å². The third kappa shape index (κ3) is 3.76. The number of aromatic nitrogens is 1. The molecule has 1 unspecified atom stereocenters. The summed E-state index contributed by atoms with van der Waals surface area (Å²) in [4.78, 5) is 4.46. The molecule has 1 atom stereocenters. The molecule has 5 heteroatoms. The summed E-state index contributed by atoms with van der Waals surface area (Å²) in [6.45, 7) is 2.45. The molecule has 102 valence electrons. The van der Waals surface area contributed by atoms with E-state index in [0.29, 0.717) is 6.61 Å². The predicted molar refractivity (Wildman–Crippen MR) is 74.2 cm³/mol. The molecule has 1 N–H and O–H groups in total. The third-order valence-corrected chi connectivity index (χ3v) is 3.82. The zero-order chi connectivity index (χ0) is 13.7. The van der Waals surface area contributed by atoms with Crippen molar-refractivity contribution in [2.24, 2.45) is 0 Å². The molecule has 4 nitrogen and oxygen atoms in total. The Kier molecular flexibility index (Phi) is 4.90. The Morgan fingerprint density at radius 2 is 2.05 bits per heavy atom. The van der Waals surface area contributed by atoms with Gasteiger partial charge in [-0.15, -0.1) is 11.3 Å². The topological polar surface area (TPSA) is 51.6 Å². The monoisotopic (exact) mass is 279 g/mol. The first kappa shape index (κ1) is 14.0. The van der Waals surface area contributed by atoms with E-state index < -0.39 is 0 Å². The number of aliphatic hydroxyl groups is 1. The van der Waals surface area contributed by atoms with Crippen LogP contribution in [-0.2, 0) is 18.0 Å². The number of benzene rings is 1. The van der Waals surface area contributed by atoms with Crippen molar-refractivity contribution in [1.29, 1.82) is 0 Å². The van der Waals surface area contributed by atoms with Crippen molar-refractivity contribution in [3.8, 4) is 5.75 Å². The molecule has 0 saturated heterocycles. The van der Waals surface area contributed by atoms with Crippen LogP contribution in [0.2, 0.25) is 0 Å². The molecule has 0 aliphatic carbocycles. The van der Waals surface area contributed by atoms with E-state index in [-0.39, 0.29) is 12.7 Å². The fraction of sp³-hybridized carbons (Fsp3) is 0.357. The molecule has 1 aromatic heterocycles. The molecule has 1 aromatic carbocycles. The highest BCUT2D eigenvalue weighted by Gasteiger charge is 2.09. The van der Waals surface area contributed by atoms with Crippen LogP contribution in [0.15, 0.2) is 29.6 Å². The lowest BCUT2D eigenvalue weighted by Crippen LogP contribution is -1.98. The van der Waals surface area contributed by atoms with Crippen molar-refractivity contribution in [2.75, 3.05) is 7.11 Å². The van der Waals surface area contributed by atoms with Crippen LogP contribution in [0.1, 0.15) is 29.3 Å². The van der Waals surface area contributed by atoms with Crippen LogP contribution in [0, 0.1) is 0 Å². The molecule has 2 aromatic rings. The van der Waals surface area contributed by atoms with Crippen LogP contribution in [0.3, 0.4) is 0 Å². The lowest BCUT2D eigenvalue weighted by Gasteiger charge is -2.05. The largest absolute Gasteiger partial charge is 0.487 e. The highest BCUT2D eigenvalue weighted by Crippen LogP contribution is 2.21. The highest BCUT2D eigenvalue weighted by atomic mass is 32.1. The maximum absolute atomic E-state index is 8.95. The maximum atomic E-state index is 8.95. The normalized spacial score (nSPS) is 12.4. The summed E-state index contributed by atoms with van der Waals surface area (Å²) < 4.78 is 10.9. The van der Waals surface area contributed by atoms with Gasteiger partial charge >= 0.3 is 0 Å². The van der Waals surface area contributed by atoms with Crippen molar-refractivity contribution in [2.45, 2.75) is 26.2 Å². The Morgan fingerprint density at radius 3 is 2.68 bits per heavy atom. The number of ether oxygens (including phenoxy) is 2. The average molecular weight is 279 g/mol. The standard InChI is InChI=1S/C14H17NO3S/c1-10(17-2)14-15-12(9-19-14)8-18-13-5-3-11(7-16)4-6-13/h3-6,9-10,16H,7-8H2,1-2H3. The number of thiazole rings is 1. The molecular weight excluding hydrogens is 262 g/mol. The number of rotatable bonds is 6. The van der Waals surface area contributed by atoms with E-state index in [1.165, 1.54) is 0 Å². The van der Waals surface area contributed by atoms with Crippen LogP contribution in [0.5, 0.6) is 5.75 Å². The third-order valence-electron chi connectivity index (χ3n) is 2.76. The maximum Gasteiger partial charge on any atom is 0.131 e. The number of hydrogen-bond acceptors (Lipinski definition) is 5. The summed E-state index contributed by atoms with van der Waals surface area (Å²) in [6, 6.07) is 7.37. The smallest absolute Gasteiger partial charge is 0.131 e. The fourth-order valence-electron chi connectivity index (χ4n) is 1.52. The minimum atomic E-state index is 0.0163. The van der Waals surface area contributed by atoms with E-state index in [1.54, 1.807) is 18.4 Å². The Labute approximate surface area is 116 Å². The lowest BCUT2D eigenvalue weighted by molar-refractivity contribution is 0.119. The van der Waals surface area contributed by atoms with Crippen molar-refractivity contribution < 1.29 is 14.6 Å². The summed E-state index contributed by atoms with van der Waals surface area (Å²) in [6.07, 6.45) is 0.0163. The molecule has 0 fully saturated rings. The fourth-order valence-corrected chi connectivity index (χ4v) is 2.36. The first-order chi connectivity index (χ1) is 9.22. The molecular formula is C14H17NO3S. The predicted octanol–water partition coefficient (Wildman–Crippen LogP) is 2.92. The molecule has 1 heterocycles. The number of hydrogen-bond donors (Lipinski definition) is 1. The second-order valence-electron chi connectivity index (χ2n) is 4.15. The second kappa shape index (κ2) is 6.65. The van der Waals surface area contributed by atoms with Crippen LogP contribution in [0.25, 0.3) is 0 Å². The van der Waals surface area contributed by atoms with Gasteiger partial charge in [0.1, 0.15) is 23.5 Å². The van der Waals surface area contributed by atoms with E-state index >= 15 is 0 Å². The molecule has 0 radical (unpaired) electrons. The minimum Gasteiger partial charge on any atom is -0.487 e. The Hall–Kier alpha value is -1.43. The van der Waals surface area contributed by atoms with Crippen molar-refractivity contribution in [3.63, 3.8) is 0 Å². The summed E-state index contributed by atoms with van der Waals surface area (Å²) >= 11 is 1.57. The average Bonchev–Trinajstić information content (AvgIpc) is 2.93. The summed E-state index contributed by atoms with van der Waals surface area (Å²) in [7, 11) is 1.67. The molecule has 0 bridgehead atoms. The number of methoxy groups -OCH3 is 1. The van der Waals surface area contributed by atoms with Gasteiger partial charge in [-0.2, -0.15) is 0 Å². The first-order valence-electron chi connectivity index (χ1n) is 6.02. The van der Waals surface area contributed by atoms with Crippen LogP contribution < -0.4 is 4.74 Å². The zero-order valence-electron chi connectivity index (χ0n) is 11.0. The summed E-state index contributed by atoms with van der Waals surface area (Å²) in [5.74, 6) is 0.770. The number of nitrogens with zero attached hydrogens (tertiary/aromatic N) is 1. The van der Waals surface area contributed by atoms with Crippen molar-refractivity contribution in [3.05, 3.63) is 45.9 Å². The van der Waals surface area contributed by atoms with E-state index in [9.17, 15) is 0 Å². The Balaban J connectivity index is 1.92. The van der Waals surface area contributed by atoms with Gasteiger partial charge in [0.15, 0.2) is 0 Å². The van der Waals surface area contributed by atoms with E-state index in [1.807, 2.05) is 36.6 Å². The first-order valence-corrected chi connectivity index (χ1v) is 6.90. The highest BCUT2D eigenvalue weighted by molar-refractivity contribution is 7.09. The van der Waals surface area contributed by atoms with Crippen LogP contribution in [0.4, 0.5) is 0 Å². The van der Waals surface area contributed by atoms with Gasteiger partial charge in [-0.25, -0.2) is 4.98 Å². The minimum absolute atomic E-state index is 0.0163. The molecule has 0 saturated carbocycles. The van der Waals surface area contributed by atoms with Gasteiger partial charge < -0.3 is 14.6 Å². The van der Waals surface area contributed by atoms with Gasteiger partial charge in [-0.1, -0.05) is 12.1 Å². The van der Waals surface area contributed by atoms with E-state index in [0.717, 1.165) is 22.0 Å². The van der Waals surface area contributed by atoms with Gasteiger partial charge in [-0.3, -0.25) is 0 Å². The van der Waals surface area contributed by atoms with Gasteiger partial charge in [-0.05, 0) is 24.6 Å². The SMILES string of the molecule is COC(C)c1nc(COc2ccc(CO)cc2)cs1. The number of aliphatic hydroxyl groups excluding tert-OH is 1. The Bertz CT molecular complexity index is 510. The summed E-state index contributed by atoms with van der Waals surface area (Å²) in [5, 5.41) is 11.9. The van der Waals surface area contributed by atoms with E-state index in [2.05, 4.69) is 4.98 Å². The molecule has 0 aliphatic heterocycles. The lowest BCUT2D eigenvalue weighted by atomic mass is 10.2. The zero-order valence-corrected chi connectivity index (χ0v) is 11.8. The van der Waals surface area contributed by atoms with Gasteiger partial charge in [0, 0.05) is 12.5 Å². The Morgan fingerprint density at radius 1 is 1.32 bits per heavy atom. The molecule has 0 aliphatic rings. The van der Waals surface area contributed by atoms with Gasteiger partial charge in [0.25, 0.3) is 0 Å². The molecule has 0 spiro atoms. The quantitative estimate of drug-likeness (QED) is 0.883. The molecule has 19 heavy (non-hydrogen) atoms. The van der Waals surface area contributed by atoms with Crippen molar-refractivity contribution >= 4 is 11.3 Å². The van der Waals surface area contributed by atoms with Gasteiger partial charge in [0.05, 0.1) is 12.3 Å². The van der Waals surface area contributed by atoms with E-state index in [4.69, 9.17) is 14.6 Å². The second-order valence-corrected chi connectivity index (χ2v) is 5.04. The molecule has 2 rings (SSSR count).